The number of pyridine rings is 1. The Kier molecular flexibility index (Phi) is 5.70. The molecule has 4 rings (SSSR count). The van der Waals surface area contributed by atoms with Gasteiger partial charge in [0.05, 0.1) is 22.2 Å². The van der Waals surface area contributed by atoms with Crippen molar-refractivity contribution in [2.45, 2.75) is 4.90 Å². The molecule has 0 saturated carbocycles. The summed E-state index contributed by atoms with van der Waals surface area (Å²) >= 11 is 0. The predicted molar refractivity (Wildman–Crippen MR) is 113 cm³/mol. The van der Waals surface area contributed by atoms with E-state index in [1.165, 1.54) is 30.5 Å². The molecule has 9 heteroatoms. The van der Waals surface area contributed by atoms with Gasteiger partial charge in [0.25, 0.3) is 0 Å². The molecule has 0 radical (unpaired) electrons. The summed E-state index contributed by atoms with van der Waals surface area (Å²) in [6.07, 6.45) is 1.54. The highest BCUT2D eigenvalue weighted by Crippen LogP contribution is 2.25. The van der Waals surface area contributed by atoms with E-state index in [2.05, 4.69) is 4.98 Å². The van der Waals surface area contributed by atoms with Gasteiger partial charge in [-0.2, -0.15) is 0 Å². The molecule has 4 aromatic rings. The van der Waals surface area contributed by atoms with E-state index in [4.69, 9.17) is 19.0 Å². The van der Waals surface area contributed by atoms with Gasteiger partial charge < -0.3 is 13.9 Å². The van der Waals surface area contributed by atoms with Crippen molar-refractivity contribution in [2.24, 2.45) is 5.14 Å². The van der Waals surface area contributed by atoms with Crippen molar-refractivity contribution in [1.82, 2.24) is 4.98 Å². The highest BCUT2D eigenvalue weighted by molar-refractivity contribution is 7.89. The summed E-state index contributed by atoms with van der Waals surface area (Å²) in [7, 11) is -3.76. The van der Waals surface area contributed by atoms with Crippen LogP contribution in [0, 0.1) is 0 Å². The molecule has 0 saturated heterocycles. The van der Waals surface area contributed by atoms with Crippen molar-refractivity contribution in [3.63, 3.8) is 0 Å². The second-order valence-corrected chi connectivity index (χ2v) is 8.11. The van der Waals surface area contributed by atoms with Crippen molar-refractivity contribution in [3.8, 4) is 17.2 Å². The summed E-state index contributed by atoms with van der Waals surface area (Å²) in [5, 5.41) is 5.73. The van der Waals surface area contributed by atoms with Crippen molar-refractivity contribution in [1.29, 1.82) is 0 Å². The molecule has 0 spiro atoms. The van der Waals surface area contributed by atoms with Gasteiger partial charge >= 0.3 is 5.97 Å². The van der Waals surface area contributed by atoms with Crippen molar-refractivity contribution < 1.29 is 27.1 Å². The number of carbonyl (C=O) groups excluding carboxylic acids is 1. The van der Waals surface area contributed by atoms with Gasteiger partial charge in [-0.15, -0.1) is 0 Å². The Hall–Kier alpha value is -3.69. The maximum atomic E-state index is 12.7. The average molecular weight is 438 g/mol. The molecule has 2 N–H and O–H groups in total. The Morgan fingerprint density at radius 1 is 1.00 bits per heavy atom. The second kappa shape index (κ2) is 8.58. The first-order valence-electron chi connectivity index (χ1n) is 9.28. The zero-order chi connectivity index (χ0) is 21.8. The van der Waals surface area contributed by atoms with Crippen LogP contribution in [0.3, 0.4) is 0 Å². The number of para-hydroxylation sites is 1. The monoisotopic (exact) mass is 438 g/mol. The zero-order valence-corrected chi connectivity index (χ0v) is 17.0. The summed E-state index contributed by atoms with van der Waals surface area (Å²) in [6, 6.07) is 18.1. The van der Waals surface area contributed by atoms with Crippen LogP contribution in [-0.4, -0.2) is 32.6 Å². The molecule has 2 aromatic heterocycles. The highest BCUT2D eigenvalue weighted by Gasteiger charge is 2.16. The molecule has 0 amide bonds. The van der Waals surface area contributed by atoms with Gasteiger partial charge in [0.2, 0.25) is 10.0 Å². The lowest BCUT2D eigenvalue weighted by molar-refractivity contribution is 0.0452. The molecule has 0 bridgehead atoms. The molecule has 0 aliphatic rings. The lowest BCUT2D eigenvalue weighted by atomic mass is 10.1. The zero-order valence-electron chi connectivity index (χ0n) is 16.2. The fourth-order valence-electron chi connectivity index (χ4n) is 2.99. The Morgan fingerprint density at radius 2 is 1.77 bits per heavy atom. The van der Waals surface area contributed by atoms with Gasteiger partial charge in [-0.25, -0.2) is 23.3 Å². The lowest BCUT2D eigenvalue weighted by Gasteiger charge is -2.10. The van der Waals surface area contributed by atoms with E-state index in [0.29, 0.717) is 33.7 Å². The third-order valence-electron chi connectivity index (χ3n) is 4.45. The Bertz CT molecular complexity index is 1320. The van der Waals surface area contributed by atoms with Crippen LogP contribution >= 0.6 is 0 Å². The molecule has 0 atom stereocenters. The first-order valence-corrected chi connectivity index (χ1v) is 10.8. The van der Waals surface area contributed by atoms with E-state index in [0.717, 1.165) is 0 Å². The minimum atomic E-state index is -3.76. The number of hydrogen-bond donors (Lipinski definition) is 1. The Morgan fingerprint density at radius 3 is 2.48 bits per heavy atom. The number of nitrogens with two attached hydrogens (primary N) is 1. The fourth-order valence-corrected chi connectivity index (χ4v) is 3.51. The van der Waals surface area contributed by atoms with Crippen LogP contribution in [-0.2, 0) is 14.8 Å². The number of sulfonamides is 1. The topological polar surface area (TPSA) is 122 Å². The van der Waals surface area contributed by atoms with Crippen LogP contribution in [0.4, 0.5) is 0 Å². The van der Waals surface area contributed by atoms with Gasteiger partial charge in [0.1, 0.15) is 24.7 Å². The van der Waals surface area contributed by atoms with Crippen molar-refractivity contribution in [2.75, 3.05) is 13.2 Å². The number of furan rings is 1. The van der Waals surface area contributed by atoms with Crippen molar-refractivity contribution in [3.05, 3.63) is 78.6 Å². The quantitative estimate of drug-likeness (QED) is 0.347. The van der Waals surface area contributed by atoms with Crippen LogP contribution in [0.1, 0.15) is 10.4 Å². The predicted octanol–water partition coefficient (Wildman–Crippen LogP) is 3.38. The number of rotatable bonds is 7. The van der Waals surface area contributed by atoms with E-state index >= 15 is 0 Å². The molecule has 0 aliphatic carbocycles. The summed E-state index contributed by atoms with van der Waals surface area (Å²) in [5.74, 6) is 0.462. The largest absolute Gasteiger partial charge is 0.490 e. The maximum absolute atomic E-state index is 12.7. The number of aromatic nitrogens is 1. The minimum Gasteiger partial charge on any atom is -0.490 e. The number of hydrogen-bond acceptors (Lipinski definition) is 7. The lowest BCUT2D eigenvalue weighted by Crippen LogP contribution is -2.14. The number of primary sulfonamides is 1. The van der Waals surface area contributed by atoms with E-state index < -0.39 is 16.0 Å². The smallest absolute Gasteiger partial charge is 0.339 e. The van der Waals surface area contributed by atoms with E-state index in [1.807, 2.05) is 18.2 Å². The van der Waals surface area contributed by atoms with Crippen LogP contribution in [0.15, 0.2) is 82.3 Å². The number of fused-ring (bicyclic) bond motifs is 1. The molecule has 31 heavy (non-hydrogen) atoms. The first-order chi connectivity index (χ1) is 14.9. The van der Waals surface area contributed by atoms with Gasteiger partial charge in [0, 0.05) is 5.39 Å². The van der Waals surface area contributed by atoms with E-state index in [-0.39, 0.29) is 18.1 Å². The fraction of sp³-hybridized carbons (Fsp3) is 0.0909. The van der Waals surface area contributed by atoms with Crippen LogP contribution < -0.4 is 9.88 Å². The Labute approximate surface area is 178 Å². The standard InChI is InChI=1S/C22H18N2O6S/c23-31(26,27)16-9-7-15(8-10-16)28-12-13-30-22(25)18-14-20(21-6-3-11-29-21)24-19-5-2-1-4-17(18)19/h1-11,14H,12-13H2,(H2,23,26,27). The Balaban J connectivity index is 1.44. The molecule has 2 aromatic carbocycles. The minimum absolute atomic E-state index is 0.00249. The van der Waals surface area contributed by atoms with Gasteiger partial charge in [0.15, 0.2) is 5.76 Å². The highest BCUT2D eigenvalue weighted by atomic mass is 32.2. The second-order valence-electron chi connectivity index (χ2n) is 6.55. The number of ether oxygens (including phenoxy) is 2. The van der Waals surface area contributed by atoms with Gasteiger partial charge in [-0.3, -0.25) is 0 Å². The van der Waals surface area contributed by atoms with Crippen LogP contribution in [0.2, 0.25) is 0 Å². The van der Waals surface area contributed by atoms with E-state index in [9.17, 15) is 13.2 Å². The van der Waals surface area contributed by atoms with Crippen LogP contribution in [0.5, 0.6) is 5.75 Å². The molecule has 8 nitrogen and oxygen atoms in total. The normalized spacial score (nSPS) is 11.4. The third kappa shape index (κ3) is 4.73. The number of nitrogens with zero attached hydrogens (tertiary/aromatic N) is 1. The summed E-state index contributed by atoms with van der Waals surface area (Å²) < 4.78 is 38.8. The van der Waals surface area contributed by atoms with Crippen LogP contribution in [0.25, 0.3) is 22.4 Å². The number of carbonyl (C=O) groups is 1. The molecule has 0 unspecified atom stereocenters. The average Bonchev–Trinajstić information content (AvgIpc) is 3.30. The summed E-state index contributed by atoms with van der Waals surface area (Å²) in [6.45, 7) is 0.0943. The SMILES string of the molecule is NS(=O)(=O)c1ccc(OCCOC(=O)c2cc(-c3ccco3)nc3ccccc23)cc1. The molecule has 0 aliphatic heterocycles. The molecule has 158 valence electrons. The molecule has 2 heterocycles. The van der Waals surface area contributed by atoms with E-state index in [1.54, 1.807) is 24.3 Å². The molecule has 0 fully saturated rings. The third-order valence-corrected chi connectivity index (χ3v) is 5.38. The molecular weight excluding hydrogens is 420 g/mol. The van der Waals surface area contributed by atoms with Crippen molar-refractivity contribution >= 4 is 26.9 Å². The first kappa shape index (κ1) is 20.6. The maximum Gasteiger partial charge on any atom is 0.339 e. The number of benzene rings is 2. The summed E-state index contributed by atoms with van der Waals surface area (Å²) in [5.41, 5.74) is 1.55. The van der Waals surface area contributed by atoms with Gasteiger partial charge in [-0.1, -0.05) is 18.2 Å². The number of esters is 1. The van der Waals surface area contributed by atoms with Gasteiger partial charge in [-0.05, 0) is 48.5 Å². The summed E-state index contributed by atoms with van der Waals surface area (Å²) in [4.78, 5) is 17.3. The molecular formula is C22H18N2O6S.